The molecular weight excluding hydrogens is 296 g/mol. The number of nitrogens with zero attached hydrogens (tertiary/aromatic N) is 1. The maximum atomic E-state index is 12.3. The molecule has 4 nitrogen and oxygen atoms in total. The largest absolute Gasteiger partial charge is 0.479 e. The molecule has 3 rings (SSSR count). The lowest BCUT2D eigenvalue weighted by molar-refractivity contribution is -0.115. The first-order valence-electron chi connectivity index (χ1n) is 6.91. The van der Waals surface area contributed by atoms with Gasteiger partial charge in [0.1, 0.15) is 11.8 Å². The molecule has 0 saturated carbocycles. The van der Waals surface area contributed by atoms with E-state index in [-0.39, 0.29) is 17.8 Å². The number of hydrogen-bond donors (Lipinski definition) is 1. The first kappa shape index (κ1) is 14.5. The fourth-order valence-corrected chi connectivity index (χ4v) is 3.50. The van der Waals surface area contributed by atoms with E-state index in [1.54, 1.807) is 36.0 Å². The third kappa shape index (κ3) is 3.23. The molecule has 110 valence electrons. The summed E-state index contributed by atoms with van der Waals surface area (Å²) >= 11 is 1.60. The molecule has 1 aliphatic rings. The molecule has 5 heteroatoms. The molecule has 2 aromatic rings. The predicted octanol–water partition coefficient (Wildman–Crippen LogP) is 3.24. The van der Waals surface area contributed by atoms with Crippen molar-refractivity contribution in [1.82, 2.24) is 0 Å². The molecule has 22 heavy (non-hydrogen) atoms. The fourth-order valence-electron chi connectivity index (χ4n) is 2.30. The third-order valence-corrected chi connectivity index (χ3v) is 4.68. The number of nitrogens with one attached hydrogen (secondary N) is 1. The molecule has 1 amide bonds. The molecular formula is C17H14N2O2S. The SMILES string of the molecule is N#CCOc1ccc(NC(=O)[C@@H]2Cc3ccccc3S2)cc1. The molecule has 0 bridgehead atoms. The highest BCUT2D eigenvalue weighted by Crippen LogP contribution is 2.37. The van der Waals surface area contributed by atoms with Crippen molar-refractivity contribution >= 4 is 23.4 Å². The topological polar surface area (TPSA) is 62.1 Å². The van der Waals surface area contributed by atoms with Crippen LogP contribution in [-0.4, -0.2) is 17.8 Å². The molecule has 1 atom stereocenters. The van der Waals surface area contributed by atoms with Crippen molar-refractivity contribution in [2.24, 2.45) is 0 Å². The zero-order chi connectivity index (χ0) is 15.4. The van der Waals surface area contributed by atoms with Crippen LogP contribution in [0.4, 0.5) is 5.69 Å². The Kier molecular flexibility index (Phi) is 4.31. The summed E-state index contributed by atoms with van der Waals surface area (Å²) in [5.41, 5.74) is 1.96. The Morgan fingerprint density at radius 3 is 2.77 bits per heavy atom. The summed E-state index contributed by atoms with van der Waals surface area (Å²) in [4.78, 5) is 13.5. The second kappa shape index (κ2) is 6.54. The molecule has 0 radical (unpaired) electrons. The van der Waals surface area contributed by atoms with E-state index in [1.807, 2.05) is 18.2 Å². The lowest BCUT2D eigenvalue weighted by Gasteiger charge is -2.10. The Morgan fingerprint density at radius 2 is 2.05 bits per heavy atom. The van der Waals surface area contributed by atoms with E-state index in [0.717, 1.165) is 12.1 Å². The number of anilines is 1. The Morgan fingerprint density at radius 1 is 1.27 bits per heavy atom. The molecule has 0 saturated heterocycles. The number of rotatable bonds is 4. The van der Waals surface area contributed by atoms with E-state index in [0.29, 0.717) is 5.75 Å². The monoisotopic (exact) mass is 310 g/mol. The number of ether oxygens (including phenoxy) is 1. The Labute approximate surface area is 133 Å². The fraction of sp³-hybridized carbons (Fsp3) is 0.176. The van der Waals surface area contributed by atoms with E-state index < -0.39 is 0 Å². The highest BCUT2D eigenvalue weighted by atomic mass is 32.2. The van der Waals surface area contributed by atoms with Gasteiger partial charge < -0.3 is 10.1 Å². The molecule has 1 aliphatic heterocycles. The van der Waals surface area contributed by atoms with Crippen LogP contribution in [0.25, 0.3) is 0 Å². The number of thioether (sulfide) groups is 1. The first-order valence-corrected chi connectivity index (χ1v) is 7.79. The molecule has 2 aromatic carbocycles. The van der Waals surface area contributed by atoms with E-state index in [9.17, 15) is 4.79 Å². The number of benzene rings is 2. The standard InChI is InChI=1S/C17H14N2O2S/c18-9-10-21-14-7-5-13(6-8-14)19-17(20)16-11-12-3-1-2-4-15(12)22-16/h1-8,16H,10-11H2,(H,19,20)/t16-/m0/s1. The number of carbonyl (C=O) groups excluding carboxylic acids is 1. The van der Waals surface area contributed by atoms with E-state index >= 15 is 0 Å². The highest BCUT2D eigenvalue weighted by molar-refractivity contribution is 8.01. The average molecular weight is 310 g/mol. The number of hydrogen-bond acceptors (Lipinski definition) is 4. The summed E-state index contributed by atoms with van der Waals surface area (Å²) in [5, 5.41) is 11.3. The van der Waals surface area contributed by atoms with Gasteiger partial charge in [0, 0.05) is 10.6 Å². The summed E-state index contributed by atoms with van der Waals surface area (Å²) in [6.45, 7) is 0.0165. The van der Waals surface area contributed by atoms with Crippen molar-refractivity contribution in [3.05, 3.63) is 54.1 Å². The first-order chi connectivity index (χ1) is 10.8. The molecule has 0 fully saturated rings. The Hall–Kier alpha value is -2.45. The second-order valence-corrected chi connectivity index (χ2v) is 6.12. The van der Waals surface area contributed by atoms with Crippen molar-refractivity contribution in [3.63, 3.8) is 0 Å². The maximum Gasteiger partial charge on any atom is 0.238 e. The molecule has 1 heterocycles. The van der Waals surface area contributed by atoms with Crippen LogP contribution in [0.1, 0.15) is 5.56 Å². The maximum absolute atomic E-state index is 12.3. The predicted molar refractivity (Wildman–Crippen MR) is 86.0 cm³/mol. The molecule has 0 unspecified atom stereocenters. The van der Waals surface area contributed by atoms with Gasteiger partial charge in [0.05, 0.1) is 5.25 Å². The summed E-state index contributed by atoms with van der Waals surface area (Å²) in [6.07, 6.45) is 0.760. The van der Waals surface area contributed by atoms with Crippen LogP contribution in [0, 0.1) is 11.3 Å². The number of nitriles is 1. The lowest BCUT2D eigenvalue weighted by atomic mass is 10.1. The smallest absolute Gasteiger partial charge is 0.238 e. The van der Waals surface area contributed by atoms with E-state index in [1.165, 1.54) is 10.5 Å². The number of carbonyl (C=O) groups is 1. The van der Waals surface area contributed by atoms with Gasteiger partial charge >= 0.3 is 0 Å². The summed E-state index contributed by atoms with van der Waals surface area (Å²) in [7, 11) is 0. The Balaban J connectivity index is 1.60. The van der Waals surface area contributed by atoms with Crippen molar-refractivity contribution in [3.8, 4) is 11.8 Å². The average Bonchev–Trinajstić information content (AvgIpc) is 2.98. The van der Waals surface area contributed by atoms with Crippen molar-refractivity contribution < 1.29 is 9.53 Å². The van der Waals surface area contributed by atoms with Gasteiger partial charge in [0.15, 0.2) is 6.61 Å². The minimum atomic E-state index is -0.0908. The van der Waals surface area contributed by atoms with E-state index in [4.69, 9.17) is 10.00 Å². The van der Waals surface area contributed by atoms with Gasteiger partial charge in [-0.05, 0) is 42.3 Å². The quantitative estimate of drug-likeness (QED) is 0.941. The highest BCUT2D eigenvalue weighted by Gasteiger charge is 2.27. The summed E-state index contributed by atoms with van der Waals surface area (Å²) in [6, 6.07) is 17.1. The summed E-state index contributed by atoms with van der Waals surface area (Å²) in [5.74, 6) is 0.620. The van der Waals surface area contributed by atoms with Gasteiger partial charge in [0.2, 0.25) is 5.91 Å². The van der Waals surface area contributed by atoms with E-state index in [2.05, 4.69) is 17.4 Å². The minimum absolute atomic E-state index is 0.00638. The number of amides is 1. The molecule has 0 spiro atoms. The zero-order valence-corrected chi connectivity index (χ0v) is 12.6. The normalized spacial score (nSPS) is 15.7. The second-order valence-electron chi connectivity index (χ2n) is 4.88. The zero-order valence-electron chi connectivity index (χ0n) is 11.8. The lowest BCUT2D eigenvalue weighted by Crippen LogP contribution is -2.24. The van der Waals surface area contributed by atoms with Gasteiger partial charge in [0.25, 0.3) is 0 Å². The van der Waals surface area contributed by atoms with Gasteiger partial charge in [-0.25, -0.2) is 0 Å². The van der Waals surface area contributed by atoms with Crippen LogP contribution >= 0.6 is 11.8 Å². The van der Waals surface area contributed by atoms with Crippen LogP contribution in [0.5, 0.6) is 5.75 Å². The number of fused-ring (bicyclic) bond motifs is 1. The van der Waals surface area contributed by atoms with Crippen molar-refractivity contribution in [2.45, 2.75) is 16.6 Å². The van der Waals surface area contributed by atoms with Gasteiger partial charge in [-0.3, -0.25) is 4.79 Å². The molecule has 1 N–H and O–H groups in total. The van der Waals surface area contributed by atoms with Gasteiger partial charge in [-0.1, -0.05) is 18.2 Å². The van der Waals surface area contributed by atoms with Crippen LogP contribution in [0.15, 0.2) is 53.4 Å². The van der Waals surface area contributed by atoms with Crippen LogP contribution < -0.4 is 10.1 Å². The van der Waals surface area contributed by atoms with Crippen LogP contribution in [0.2, 0.25) is 0 Å². The minimum Gasteiger partial charge on any atom is -0.479 e. The van der Waals surface area contributed by atoms with Crippen LogP contribution in [0.3, 0.4) is 0 Å². The molecule has 0 aliphatic carbocycles. The van der Waals surface area contributed by atoms with Crippen LogP contribution in [-0.2, 0) is 11.2 Å². The Bertz CT molecular complexity index is 697. The third-order valence-electron chi connectivity index (χ3n) is 3.36. The van der Waals surface area contributed by atoms with Crippen molar-refractivity contribution in [1.29, 1.82) is 5.26 Å². The van der Waals surface area contributed by atoms with Gasteiger partial charge in [-0.15, -0.1) is 11.8 Å². The summed E-state index contributed by atoms with van der Waals surface area (Å²) < 4.78 is 5.18. The van der Waals surface area contributed by atoms with Gasteiger partial charge in [-0.2, -0.15) is 5.26 Å². The van der Waals surface area contributed by atoms with Crippen molar-refractivity contribution in [2.75, 3.05) is 11.9 Å². The molecule has 0 aromatic heterocycles.